The highest BCUT2D eigenvalue weighted by Gasteiger charge is 2.22. The molecule has 0 aromatic heterocycles. The molecule has 1 aromatic carbocycles. The molecule has 1 aliphatic rings. The van der Waals surface area contributed by atoms with Gasteiger partial charge in [0.1, 0.15) is 0 Å². The lowest BCUT2D eigenvalue weighted by atomic mass is 9.91. The van der Waals surface area contributed by atoms with Crippen LogP contribution in [0.4, 0.5) is 0 Å². The van der Waals surface area contributed by atoms with E-state index in [1.54, 1.807) is 0 Å². The monoisotopic (exact) mass is 246 g/mol. The average Bonchev–Trinajstić information content (AvgIpc) is 2.41. The van der Waals surface area contributed by atoms with Crippen molar-refractivity contribution in [1.82, 2.24) is 5.32 Å². The van der Waals surface area contributed by atoms with Crippen molar-refractivity contribution in [3.63, 3.8) is 0 Å². The molecule has 3 nitrogen and oxygen atoms in total. The second-order valence-corrected chi connectivity index (χ2v) is 5.25. The summed E-state index contributed by atoms with van der Waals surface area (Å²) in [5, 5.41) is 3.14. The van der Waals surface area contributed by atoms with Crippen molar-refractivity contribution < 1.29 is 4.79 Å². The van der Waals surface area contributed by atoms with Crippen molar-refractivity contribution in [2.45, 2.75) is 50.6 Å². The fourth-order valence-corrected chi connectivity index (χ4v) is 2.48. The third-order valence-corrected chi connectivity index (χ3v) is 3.81. The highest BCUT2D eigenvalue weighted by molar-refractivity contribution is 5.83. The van der Waals surface area contributed by atoms with Gasteiger partial charge in [0.2, 0.25) is 5.91 Å². The lowest BCUT2D eigenvalue weighted by Gasteiger charge is -2.27. The van der Waals surface area contributed by atoms with Crippen LogP contribution in [0, 0.1) is 0 Å². The molecule has 3 heteroatoms. The summed E-state index contributed by atoms with van der Waals surface area (Å²) < 4.78 is 0. The van der Waals surface area contributed by atoms with Gasteiger partial charge in [-0.15, -0.1) is 0 Å². The van der Waals surface area contributed by atoms with Crippen molar-refractivity contribution in [1.29, 1.82) is 0 Å². The summed E-state index contributed by atoms with van der Waals surface area (Å²) in [6.45, 7) is 1.96. The number of nitrogens with one attached hydrogen (secondary N) is 1. The minimum Gasteiger partial charge on any atom is -0.353 e. The number of hydrogen-bond donors (Lipinski definition) is 2. The predicted molar refractivity (Wildman–Crippen MR) is 73.2 cm³/mol. The van der Waals surface area contributed by atoms with Gasteiger partial charge in [0.25, 0.3) is 0 Å². The largest absolute Gasteiger partial charge is 0.353 e. The first-order chi connectivity index (χ1) is 8.66. The van der Waals surface area contributed by atoms with Crippen LogP contribution in [-0.2, 0) is 4.79 Å². The molecule has 0 aliphatic heterocycles. The Morgan fingerprint density at radius 3 is 2.44 bits per heavy atom. The zero-order valence-electron chi connectivity index (χ0n) is 10.9. The molecule has 1 aromatic rings. The van der Waals surface area contributed by atoms with E-state index in [1.807, 2.05) is 37.3 Å². The number of carbonyl (C=O) groups is 1. The van der Waals surface area contributed by atoms with Crippen LogP contribution in [-0.4, -0.2) is 18.0 Å². The maximum Gasteiger partial charge on any atom is 0.227 e. The Morgan fingerprint density at radius 1 is 1.22 bits per heavy atom. The zero-order chi connectivity index (χ0) is 13.0. The van der Waals surface area contributed by atoms with Crippen molar-refractivity contribution in [2.24, 2.45) is 5.73 Å². The van der Waals surface area contributed by atoms with Gasteiger partial charge in [-0.05, 0) is 38.2 Å². The summed E-state index contributed by atoms with van der Waals surface area (Å²) >= 11 is 0. The molecule has 98 valence electrons. The first kappa shape index (κ1) is 13.1. The van der Waals surface area contributed by atoms with Gasteiger partial charge in [-0.3, -0.25) is 4.79 Å². The van der Waals surface area contributed by atoms with Gasteiger partial charge in [0, 0.05) is 12.1 Å². The molecule has 1 atom stereocenters. The summed E-state index contributed by atoms with van der Waals surface area (Å²) in [7, 11) is 0. The molecule has 3 N–H and O–H groups in total. The SMILES string of the molecule is CC(C(=O)NC1CCC(N)CC1)c1ccccc1. The molecule has 1 fully saturated rings. The molecule has 0 saturated heterocycles. The van der Waals surface area contributed by atoms with E-state index in [9.17, 15) is 4.79 Å². The molecule has 1 saturated carbocycles. The van der Waals surface area contributed by atoms with E-state index < -0.39 is 0 Å². The van der Waals surface area contributed by atoms with E-state index in [0.717, 1.165) is 31.2 Å². The molecule has 2 rings (SSSR count). The van der Waals surface area contributed by atoms with Crippen LogP contribution in [0.15, 0.2) is 30.3 Å². The molecule has 0 heterocycles. The van der Waals surface area contributed by atoms with E-state index in [4.69, 9.17) is 5.73 Å². The van der Waals surface area contributed by atoms with Gasteiger partial charge >= 0.3 is 0 Å². The van der Waals surface area contributed by atoms with E-state index in [-0.39, 0.29) is 11.8 Å². The Morgan fingerprint density at radius 2 is 1.83 bits per heavy atom. The number of amides is 1. The van der Waals surface area contributed by atoms with Gasteiger partial charge in [0.15, 0.2) is 0 Å². The van der Waals surface area contributed by atoms with Gasteiger partial charge < -0.3 is 11.1 Å². The molecular formula is C15H22N2O. The average molecular weight is 246 g/mol. The van der Waals surface area contributed by atoms with Gasteiger partial charge in [-0.2, -0.15) is 0 Å². The second-order valence-electron chi connectivity index (χ2n) is 5.25. The molecule has 0 spiro atoms. The maximum atomic E-state index is 12.2. The van der Waals surface area contributed by atoms with Crippen LogP contribution in [0.3, 0.4) is 0 Å². The van der Waals surface area contributed by atoms with Gasteiger partial charge in [-0.25, -0.2) is 0 Å². The number of carbonyl (C=O) groups excluding carboxylic acids is 1. The van der Waals surface area contributed by atoms with E-state index in [1.165, 1.54) is 0 Å². The number of benzene rings is 1. The highest BCUT2D eigenvalue weighted by Crippen LogP contribution is 2.19. The van der Waals surface area contributed by atoms with Crippen LogP contribution in [0.1, 0.15) is 44.1 Å². The Bertz CT molecular complexity index is 383. The summed E-state index contributed by atoms with van der Waals surface area (Å²) in [6.07, 6.45) is 4.05. The maximum absolute atomic E-state index is 12.2. The normalized spacial score (nSPS) is 25.4. The minimum absolute atomic E-state index is 0.0817. The minimum atomic E-state index is -0.0817. The lowest BCUT2D eigenvalue weighted by molar-refractivity contribution is -0.123. The number of nitrogens with two attached hydrogens (primary N) is 1. The van der Waals surface area contributed by atoms with Gasteiger partial charge in [-0.1, -0.05) is 30.3 Å². The fourth-order valence-electron chi connectivity index (χ4n) is 2.48. The van der Waals surface area contributed by atoms with E-state index in [0.29, 0.717) is 12.1 Å². The van der Waals surface area contributed by atoms with Crippen LogP contribution < -0.4 is 11.1 Å². The summed E-state index contributed by atoms with van der Waals surface area (Å²) in [6, 6.07) is 10.5. The Hall–Kier alpha value is -1.35. The van der Waals surface area contributed by atoms with Gasteiger partial charge in [0.05, 0.1) is 5.92 Å². The van der Waals surface area contributed by atoms with E-state index >= 15 is 0 Å². The third kappa shape index (κ3) is 3.33. The second kappa shape index (κ2) is 6.01. The third-order valence-electron chi connectivity index (χ3n) is 3.81. The van der Waals surface area contributed by atoms with E-state index in [2.05, 4.69) is 5.32 Å². The predicted octanol–water partition coefficient (Wildman–Crippen LogP) is 2.18. The highest BCUT2D eigenvalue weighted by atomic mass is 16.1. The van der Waals surface area contributed by atoms with Crippen LogP contribution in [0.5, 0.6) is 0 Å². The molecule has 18 heavy (non-hydrogen) atoms. The fraction of sp³-hybridized carbons (Fsp3) is 0.533. The smallest absolute Gasteiger partial charge is 0.227 e. The number of rotatable bonds is 3. The molecular weight excluding hydrogens is 224 g/mol. The quantitative estimate of drug-likeness (QED) is 0.859. The Balaban J connectivity index is 1.88. The van der Waals surface area contributed by atoms with Crippen molar-refractivity contribution in [3.8, 4) is 0 Å². The summed E-state index contributed by atoms with van der Waals surface area (Å²) in [5.41, 5.74) is 6.94. The van der Waals surface area contributed by atoms with Crippen LogP contribution >= 0.6 is 0 Å². The lowest BCUT2D eigenvalue weighted by Crippen LogP contribution is -2.42. The van der Waals surface area contributed by atoms with Crippen molar-refractivity contribution in [2.75, 3.05) is 0 Å². The number of hydrogen-bond acceptors (Lipinski definition) is 2. The standard InChI is InChI=1S/C15H22N2O/c1-11(12-5-3-2-4-6-12)15(18)17-14-9-7-13(16)8-10-14/h2-6,11,13-14H,7-10,16H2,1H3,(H,17,18). The molecule has 1 aliphatic carbocycles. The first-order valence-electron chi connectivity index (χ1n) is 6.77. The molecule has 1 amide bonds. The molecule has 1 unspecified atom stereocenters. The van der Waals surface area contributed by atoms with Crippen molar-refractivity contribution >= 4 is 5.91 Å². The Kier molecular flexibility index (Phi) is 4.37. The van der Waals surface area contributed by atoms with Crippen LogP contribution in [0.2, 0.25) is 0 Å². The topological polar surface area (TPSA) is 55.1 Å². The first-order valence-corrected chi connectivity index (χ1v) is 6.77. The zero-order valence-corrected chi connectivity index (χ0v) is 10.9. The molecule has 0 radical (unpaired) electrons. The van der Waals surface area contributed by atoms with Crippen LogP contribution in [0.25, 0.3) is 0 Å². The van der Waals surface area contributed by atoms with Crippen molar-refractivity contribution in [3.05, 3.63) is 35.9 Å². The Labute approximate surface area is 109 Å². The molecule has 0 bridgehead atoms. The summed E-state index contributed by atoms with van der Waals surface area (Å²) in [4.78, 5) is 12.2. The summed E-state index contributed by atoms with van der Waals surface area (Å²) in [5.74, 6) is 0.0449.